The number of H-pyrrole nitrogens is 2. The highest BCUT2D eigenvalue weighted by Crippen LogP contribution is 2.38. The maximum Gasteiger partial charge on any atom is 0.298 e. The third kappa shape index (κ3) is 3.50. The van der Waals surface area contributed by atoms with E-state index in [0.717, 1.165) is 33.0 Å². The molecule has 3 aromatic heterocycles. The van der Waals surface area contributed by atoms with Gasteiger partial charge in [0.25, 0.3) is 6.47 Å². The molecule has 0 aliphatic carbocycles. The van der Waals surface area contributed by atoms with E-state index in [0.29, 0.717) is 68.9 Å². The summed E-state index contributed by atoms with van der Waals surface area (Å²) < 4.78 is 5.37. The van der Waals surface area contributed by atoms with E-state index >= 15 is 0 Å². The maximum atomic E-state index is 11.4. The Morgan fingerprint density at radius 3 is 1.40 bits per heavy atom. The number of carbonyl (C=O) groups excluding carboxylic acids is 1. The molecule has 0 radical (unpaired) electrons. The molecule has 8 bridgehead atoms. The Balaban J connectivity index is 1.51. The quantitative estimate of drug-likeness (QED) is 0.233. The molecule has 0 saturated carbocycles. The first-order chi connectivity index (χ1) is 21.2. The van der Waals surface area contributed by atoms with Crippen LogP contribution in [0.4, 0.5) is 0 Å². The lowest BCUT2D eigenvalue weighted by Crippen LogP contribution is -1.89. The van der Waals surface area contributed by atoms with Crippen molar-refractivity contribution in [2.75, 3.05) is 0 Å². The van der Waals surface area contributed by atoms with Crippen LogP contribution in [0.2, 0.25) is 0 Å². The lowest BCUT2D eigenvalue weighted by Gasteiger charge is -1.99. The molecule has 2 N–H and O–H groups in total. The number of nitrogens with zero attached hydrogens (tertiary/aromatic N) is 6. The minimum atomic E-state index is 0.351. The summed E-state index contributed by atoms with van der Waals surface area (Å²) in [6, 6.07) is 29.1. The van der Waals surface area contributed by atoms with Crippen LogP contribution in [0.15, 0.2) is 91.0 Å². The van der Waals surface area contributed by atoms with Crippen LogP contribution in [0, 0.1) is 0 Å². The summed E-state index contributed by atoms with van der Waals surface area (Å²) in [5.74, 6) is 2.37. The fourth-order valence-electron chi connectivity index (χ4n) is 5.81. The summed E-state index contributed by atoms with van der Waals surface area (Å²) in [6.07, 6.45) is 0. The summed E-state index contributed by atoms with van der Waals surface area (Å²) in [4.78, 5) is 47.9. The largest absolute Gasteiger partial charge is 0.428 e. The second kappa shape index (κ2) is 8.85. The zero-order chi connectivity index (χ0) is 28.5. The molecule has 0 fully saturated rings. The van der Waals surface area contributed by atoms with E-state index in [4.69, 9.17) is 34.6 Å². The van der Waals surface area contributed by atoms with Gasteiger partial charge >= 0.3 is 0 Å². The molecule has 5 heterocycles. The molecule has 202 valence electrons. The van der Waals surface area contributed by atoms with Crippen molar-refractivity contribution in [1.29, 1.82) is 0 Å². The molecule has 0 atom stereocenters. The molecule has 4 aromatic carbocycles. The van der Waals surface area contributed by atoms with Gasteiger partial charge in [0.05, 0.1) is 5.39 Å². The van der Waals surface area contributed by atoms with Crippen molar-refractivity contribution in [1.82, 2.24) is 39.9 Å². The van der Waals surface area contributed by atoms with Crippen LogP contribution in [-0.4, -0.2) is 46.3 Å². The third-order valence-electron chi connectivity index (χ3n) is 7.72. The Kier molecular flexibility index (Phi) is 4.82. The molecule has 10 nitrogen and oxygen atoms in total. The highest BCUT2D eigenvalue weighted by atomic mass is 16.5. The zero-order valence-corrected chi connectivity index (χ0v) is 22.2. The molecular formula is C33H18N8O2. The maximum absolute atomic E-state index is 11.4. The minimum absolute atomic E-state index is 0.351. The molecule has 9 rings (SSSR count). The van der Waals surface area contributed by atoms with Crippen molar-refractivity contribution in [3.8, 4) is 51.3 Å². The first kappa shape index (κ1) is 23.4. The molecule has 0 unspecified atom stereocenters. The van der Waals surface area contributed by atoms with Gasteiger partial charge in [-0.1, -0.05) is 84.9 Å². The van der Waals surface area contributed by atoms with Crippen molar-refractivity contribution in [2.45, 2.75) is 0 Å². The SMILES string of the molecule is O=COc1cccc2c3nc4nc(nc5[nH]c(nc6nc(nc([nH]3)c12)-c1ccccc1-6)c1ccccc51)-c1ccccc1-4. The topological polar surface area (TPSA) is 135 Å². The van der Waals surface area contributed by atoms with Gasteiger partial charge in [-0.3, -0.25) is 4.79 Å². The van der Waals surface area contributed by atoms with Crippen LogP contribution in [0.1, 0.15) is 0 Å². The molecule has 10 heteroatoms. The number of carbonyl (C=O) groups is 1. The Morgan fingerprint density at radius 1 is 0.465 bits per heavy atom. The number of hydrogen-bond acceptors (Lipinski definition) is 8. The lowest BCUT2D eigenvalue weighted by molar-refractivity contribution is -0.120. The number of hydrogen-bond donors (Lipinski definition) is 2. The smallest absolute Gasteiger partial charge is 0.298 e. The summed E-state index contributed by atoms with van der Waals surface area (Å²) in [7, 11) is 0. The Labute approximate surface area is 242 Å². The van der Waals surface area contributed by atoms with Gasteiger partial charge in [0.15, 0.2) is 23.3 Å². The molecule has 43 heavy (non-hydrogen) atoms. The van der Waals surface area contributed by atoms with E-state index in [1.165, 1.54) is 0 Å². The van der Waals surface area contributed by atoms with E-state index < -0.39 is 0 Å². The van der Waals surface area contributed by atoms with E-state index in [9.17, 15) is 4.79 Å². The molecule has 0 spiro atoms. The first-order valence-corrected chi connectivity index (χ1v) is 13.6. The van der Waals surface area contributed by atoms with Crippen LogP contribution in [0.5, 0.6) is 5.75 Å². The average molecular weight is 559 g/mol. The molecule has 7 aromatic rings. The predicted octanol–water partition coefficient (Wildman–Crippen LogP) is 6.40. The zero-order valence-electron chi connectivity index (χ0n) is 22.2. The van der Waals surface area contributed by atoms with Gasteiger partial charge < -0.3 is 14.7 Å². The van der Waals surface area contributed by atoms with Crippen molar-refractivity contribution in [3.05, 3.63) is 91.0 Å². The second-order valence-electron chi connectivity index (χ2n) is 10.1. The fraction of sp³-hybridized carbons (Fsp3) is 0. The predicted molar refractivity (Wildman–Crippen MR) is 163 cm³/mol. The highest BCUT2D eigenvalue weighted by molar-refractivity contribution is 6.09. The second-order valence-corrected chi connectivity index (χ2v) is 10.1. The van der Waals surface area contributed by atoms with Crippen molar-refractivity contribution >= 4 is 50.6 Å². The monoisotopic (exact) mass is 558 g/mol. The normalized spacial score (nSPS) is 11.8. The number of aromatic nitrogens is 8. The van der Waals surface area contributed by atoms with Crippen LogP contribution in [0.25, 0.3) is 89.7 Å². The van der Waals surface area contributed by atoms with Gasteiger partial charge in [-0.25, -0.2) is 29.9 Å². The number of nitrogens with one attached hydrogen (secondary N) is 2. The van der Waals surface area contributed by atoms with E-state index in [2.05, 4.69) is 9.97 Å². The van der Waals surface area contributed by atoms with Crippen molar-refractivity contribution in [2.24, 2.45) is 0 Å². The number of fused-ring (bicyclic) bond motifs is 20. The number of rotatable bonds is 2. The van der Waals surface area contributed by atoms with Crippen molar-refractivity contribution < 1.29 is 9.53 Å². The molecule has 0 amide bonds. The Morgan fingerprint density at radius 2 is 0.884 bits per heavy atom. The molecule has 2 aliphatic rings. The lowest BCUT2D eigenvalue weighted by atomic mass is 10.1. The van der Waals surface area contributed by atoms with E-state index in [1.54, 1.807) is 12.1 Å². The van der Waals surface area contributed by atoms with Crippen LogP contribution >= 0.6 is 0 Å². The summed E-state index contributed by atoms with van der Waals surface area (Å²) in [5, 5.41) is 3.14. The highest BCUT2D eigenvalue weighted by Gasteiger charge is 2.22. The Hall–Kier alpha value is -6.29. The fourth-order valence-corrected chi connectivity index (χ4v) is 5.81. The Bertz CT molecular complexity index is 2470. The van der Waals surface area contributed by atoms with Crippen LogP contribution in [0.3, 0.4) is 0 Å². The van der Waals surface area contributed by atoms with Gasteiger partial charge in [-0.2, -0.15) is 0 Å². The van der Waals surface area contributed by atoms with E-state index in [-0.39, 0.29) is 0 Å². The summed E-state index contributed by atoms with van der Waals surface area (Å²) >= 11 is 0. The summed E-state index contributed by atoms with van der Waals surface area (Å²) in [5.41, 5.74) is 5.62. The molecular weight excluding hydrogens is 540 g/mol. The third-order valence-corrected chi connectivity index (χ3v) is 7.72. The van der Waals surface area contributed by atoms with Gasteiger partial charge in [0, 0.05) is 38.4 Å². The number of benzene rings is 4. The number of aromatic amines is 2. The van der Waals surface area contributed by atoms with Gasteiger partial charge in [0.2, 0.25) is 0 Å². The van der Waals surface area contributed by atoms with Gasteiger partial charge in [-0.15, -0.1) is 0 Å². The standard InChI is InChI=1S/C33H18N8O2/c42-16-43-24-15-7-14-23-25(24)33-40-31-22-13-6-5-12-21(22)29(38-31)36-27-18-9-2-1-8-17(18)26(34-27)35-28-19-10-3-4-11-20(19)30(37-28)39-32(23)41-33/h1-16H,(H2,34,35,36,37,38,39,40,41). The summed E-state index contributed by atoms with van der Waals surface area (Å²) in [6.45, 7) is 0.403. The number of ether oxygens (including phenoxy) is 1. The van der Waals surface area contributed by atoms with Gasteiger partial charge in [0.1, 0.15) is 28.3 Å². The van der Waals surface area contributed by atoms with Crippen LogP contribution < -0.4 is 4.74 Å². The van der Waals surface area contributed by atoms with E-state index in [1.807, 2.05) is 78.9 Å². The van der Waals surface area contributed by atoms with Gasteiger partial charge in [-0.05, 0) is 6.07 Å². The minimum Gasteiger partial charge on any atom is -0.428 e. The van der Waals surface area contributed by atoms with Crippen LogP contribution in [-0.2, 0) is 4.79 Å². The molecule has 0 saturated heterocycles. The van der Waals surface area contributed by atoms with Crippen molar-refractivity contribution in [3.63, 3.8) is 0 Å². The first-order valence-electron chi connectivity index (χ1n) is 13.6. The molecule has 2 aliphatic heterocycles. The average Bonchev–Trinajstić information content (AvgIpc) is 3.77.